The molecule has 2 aliphatic rings. The molecule has 3 nitrogen and oxygen atoms in total. The van der Waals surface area contributed by atoms with Gasteiger partial charge in [-0.25, -0.2) is 0 Å². The van der Waals surface area contributed by atoms with E-state index in [0.717, 1.165) is 23.6 Å². The van der Waals surface area contributed by atoms with Gasteiger partial charge in [-0.2, -0.15) is 0 Å². The van der Waals surface area contributed by atoms with Gasteiger partial charge in [0, 0.05) is 24.2 Å². The number of anilines is 1. The van der Waals surface area contributed by atoms with Gasteiger partial charge in [0.1, 0.15) is 0 Å². The zero-order valence-electron chi connectivity index (χ0n) is 12.6. The van der Waals surface area contributed by atoms with E-state index in [9.17, 15) is 4.79 Å². The quantitative estimate of drug-likeness (QED) is 0.819. The number of benzene rings is 1. The monoisotopic (exact) mass is 308 g/mol. The zero-order chi connectivity index (χ0) is 14.1. The van der Waals surface area contributed by atoms with Crippen LogP contribution in [-0.4, -0.2) is 22.9 Å². The average Bonchev–Trinajstić information content (AvgIpc) is 3.28. The van der Waals surface area contributed by atoms with Crippen LogP contribution >= 0.6 is 12.4 Å². The molecule has 0 heterocycles. The summed E-state index contributed by atoms with van der Waals surface area (Å²) in [7, 11) is 0. The Kier molecular flexibility index (Phi) is 5.15. The summed E-state index contributed by atoms with van der Waals surface area (Å²) in [6, 6.07) is 8.81. The van der Waals surface area contributed by atoms with Crippen LogP contribution in [0, 0.1) is 5.92 Å². The normalized spacial score (nSPS) is 18.7. The number of hydrogen-bond donors (Lipinski definition) is 1. The maximum absolute atomic E-state index is 12.6. The molecule has 3 rings (SSSR count). The fourth-order valence-electron chi connectivity index (χ4n) is 3.05. The second-order valence-corrected chi connectivity index (χ2v) is 6.31. The fourth-order valence-corrected chi connectivity index (χ4v) is 3.05. The van der Waals surface area contributed by atoms with Crippen molar-refractivity contribution in [3.63, 3.8) is 0 Å². The lowest BCUT2D eigenvalue weighted by Gasteiger charge is -2.29. The number of aryl methyl sites for hydroxylation is 1. The van der Waals surface area contributed by atoms with Gasteiger partial charge in [0.05, 0.1) is 0 Å². The first kappa shape index (κ1) is 16.2. The molecule has 0 aromatic heterocycles. The molecule has 1 aromatic rings. The van der Waals surface area contributed by atoms with E-state index in [4.69, 9.17) is 5.73 Å². The van der Waals surface area contributed by atoms with Gasteiger partial charge in [0.25, 0.3) is 0 Å². The van der Waals surface area contributed by atoms with Gasteiger partial charge in [0.15, 0.2) is 0 Å². The SMILES string of the molecule is CC(C1CC1)N(C(=O)CCc1ccccc1N)C1CC1.Cl. The Morgan fingerprint density at radius 1 is 1.29 bits per heavy atom. The Balaban J connectivity index is 0.00000161. The van der Waals surface area contributed by atoms with E-state index in [1.165, 1.54) is 25.7 Å². The van der Waals surface area contributed by atoms with E-state index in [2.05, 4.69) is 11.8 Å². The number of hydrogen-bond acceptors (Lipinski definition) is 2. The molecule has 4 heteroatoms. The molecule has 2 N–H and O–H groups in total. The molecular formula is C17H25ClN2O. The highest BCUT2D eigenvalue weighted by atomic mass is 35.5. The molecule has 0 bridgehead atoms. The molecule has 1 amide bonds. The summed E-state index contributed by atoms with van der Waals surface area (Å²) in [5.41, 5.74) is 7.84. The standard InChI is InChI=1S/C17H24N2O.ClH/c1-12(13-6-7-13)19(15-9-10-15)17(20)11-8-14-4-2-3-5-16(14)18;/h2-5,12-13,15H,6-11,18H2,1H3;1H. The number of nitrogen functional groups attached to an aromatic ring is 1. The lowest BCUT2D eigenvalue weighted by atomic mass is 10.1. The van der Waals surface area contributed by atoms with Crippen LogP contribution in [0.25, 0.3) is 0 Å². The third kappa shape index (κ3) is 3.91. The molecule has 0 saturated heterocycles. The Labute approximate surface area is 133 Å². The van der Waals surface area contributed by atoms with Crippen molar-refractivity contribution in [1.29, 1.82) is 0 Å². The summed E-state index contributed by atoms with van der Waals surface area (Å²) in [4.78, 5) is 14.7. The fraction of sp³-hybridized carbons (Fsp3) is 0.588. The van der Waals surface area contributed by atoms with Crippen LogP contribution in [0.1, 0.15) is 44.6 Å². The Morgan fingerprint density at radius 2 is 1.95 bits per heavy atom. The molecule has 1 atom stereocenters. The highest BCUT2D eigenvalue weighted by Gasteiger charge is 2.41. The number of amides is 1. The molecule has 2 saturated carbocycles. The number of carbonyl (C=O) groups excluding carboxylic acids is 1. The van der Waals surface area contributed by atoms with Crippen LogP contribution in [0.3, 0.4) is 0 Å². The first-order valence-electron chi connectivity index (χ1n) is 7.81. The summed E-state index contributed by atoms with van der Waals surface area (Å²) < 4.78 is 0. The minimum atomic E-state index is 0. The third-order valence-electron chi connectivity index (χ3n) is 4.63. The van der Waals surface area contributed by atoms with Gasteiger partial charge in [0.2, 0.25) is 5.91 Å². The molecule has 2 fully saturated rings. The summed E-state index contributed by atoms with van der Waals surface area (Å²) in [5.74, 6) is 1.07. The smallest absolute Gasteiger partial charge is 0.223 e. The number of nitrogens with two attached hydrogens (primary N) is 1. The Hall–Kier alpha value is -1.22. The van der Waals surface area contributed by atoms with Gasteiger partial charge in [-0.1, -0.05) is 18.2 Å². The topological polar surface area (TPSA) is 46.3 Å². The number of halogens is 1. The molecule has 2 aliphatic carbocycles. The Morgan fingerprint density at radius 3 is 2.52 bits per heavy atom. The highest BCUT2D eigenvalue weighted by molar-refractivity contribution is 5.85. The number of carbonyl (C=O) groups is 1. The van der Waals surface area contributed by atoms with E-state index in [0.29, 0.717) is 24.4 Å². The van der Waals surface area contributed by atoms with Crippen molar-refractivity contribution in [3.05, 3.63) is 29.8 Å². The van der Waals surface area contributed by atoms with Crippen LogP contribution in [0.15, 0.2) is 24.3 Å². The van der Waals surface area contributed by atoms with E-state index < -0.39 is 0 Å². The van der Waals surface area contributed by atoms with Crippen LogP contribution in [-0.2, 0) is 11.2 Å². The zero-order valence-corrected chi connectivity index (χ0v) is 13.4. The van der Waals surface area contributed by atoms with Gasteiger partial charge < -0.3 is 10.6 Å². The first-order chi connectivity index (χ1) is 9.66. The molecule has 0 radical (unpaired) electrons. The summed E-state index contributed by atoms with van der Waals surface area (Å²) in [6.07, 6.45) is 6.31. The van der Waals surface area contributed by atoms with Crippen molar-refractivity contribution in [2.75, 3.05) is 5.73 Å². The number of nitrogens with zero attached hydrogens (tertiary/aromatic N) is 1. The predicted octanol–water partition coefficient (Wildman–Crippen LogP) is 3.41. The first-order valence-corrected chi connectivity index (χ1v) is 7.81. The maximum Gasteiger partial charge on any atom is 0.223 e. The van der Waals surface area contributed by atoms with E-state index in [1.807, 2.05) is 24.3 Å². The number of para-hydroxylation sites is 1. The van der Waals surface area contributed by atoms with Crippen molar-refractivity contribution >= 4 is 24.0 Å². The maximum atomic E-state index is 12.6. The molecule has 116 valence electrons. The molecule has 0 spiro atoms. The van der Waals surface area contributed by atoms with Crippen LogP contribution in [0.5, 0.6) is 0 Å². The second kappa shape index (κ2) is 6.69. The number of rotatable bonds is 6. The largest absolute Gasteiger partial charge is 0.399 e. The lowest BCUT2D eigenvalue weighted by Crippen LogP contribution is -2.41. The molecule has 1 unspecified atom stereocenters. The molecule has 0 aliphatic heterocycles. The van der Waals surface area contributed by atoms with Crippen molar-refractivity contribution in [2.45, 2.75) is 57.5 Å². The minimum absolute atomic E-state index is 0. The summed E-state index contributed by atoms with van der Waals surface area (Å²) in [5, 5.41) is 0. The van der Waals surface area contributed by atoms with Crippen LogP contribution in [0.2, 0.25) is 0 Å². The van der Waals surface area contributed by atoms with Crippen LogP contribution < -0.4 is 5.73 Å². The van der Waals surface area contributed by atoms with E-state index in [1.54, 1.807) is 0 Å². The van der Waals surface area contributed by atoms with Gasteiger partial charge >= 0.3 is 0 Å². The van der Waals surface area contributed by atoms with Crippen molar-refractivity contribution in [2.24, 2.45) is 5.92 Å². The predicted molar refractivity (Wildman–Crippen MR) is 88.5 cm³/mol. The summed E-state index contributed by atoms with van der Waals surface area (Å²) >= 11 is 0. The molecular weight excluding hydrogens is 284 g/mol. The summed E-state index contributed by atoms with van der Waals surface area (Å²) in [6.45, 7) is 2.23. The van der Waals surface area contributed by atoms with E-state index >= 15 is 0 Å². The lowest BCUT2D eigenvalue weighted by molar-refractivity contribution is -0.134. The van der Waals surface area contributed by atoms with E-state index in [-0.39, 0.29) is 12.4 Å². The average molecular weight is 309 g/mol. The van der Waals surface area contributed by atoms with Crippen molar-refractivity contribution in [3.8, 4) is 0 Å². The molecule has 1 aromatic carbocycles. The van der Waals surface area contributed by atoms with Gasteiger partial charge in [-0.15, -0.1) is 12.4 Å². The van der Waals surface area contributed by atoms with Crippen molar-refractivity contribution < 1.29 is 4.79 Å². The van der Waals surface area contributed by atoms with Crippen LogP contribution in [0.4, 0.5) is 5.69 Å². The molecule has 21 heavy (non-hydrogen) atoms. The minimum Gasteiger partial charge on any atom is -0.399 e. The van der Waals surface area contributed by atoms with Gasteiger partial charge in [-0.05, 0) is 56.6 Å². The van der Waals surface area contributed by atoms with Gasteiger partial charge in [-0.3, -0.25) is 4.79 Å². The highest BCUT2D eigenvalue weighted by Crippen LogP contribution is 2.40. The Bertz CT molecular complexity index is 497. The second-order valence-electron chi connectivity index (χ2n) is 6.31. The van der Waals surface area contributed by atoms with Crippen molar-refractivity contribution in [1.82, 2.24) is 4.90 Å². The third-order valence-corrected chi connectivity index (χ3v) is 4.63.